The van der Waals surface area contributed by atoms with E-state index in [1.54, 1.807) is 24.3 Å². The van der Waals surface area contributed by atoms with Crippen molar-refractivity contribution in [3.05, 3.63) is 58.6 Å². The standard InChI is InChI=1S/C18H20ClNO4S2/c1-13-3-8-17(11-14(13)2)26(22,23)20-12-18(21)24-9-10-25-16-6-4-15(19)5-7-16/h3-8,11,20H,9-10,12H2,1-2H3. The summed E-state index contributed by atoms with van der Waals surface area (Å²) in [6, 6.07) is 12.2. The smallest absolute Gasteiger partial charge is 0.321 e. The van der Waals surface area contributed by atoms with Gasteiger partial charge in [0.25, 0.3) is 0 Å². The average Bonchev–Trinajstić information content (AvgIpc) is 2.61. The molecule has 26 heavy (non-hydrogen) atoms. The minimum atomic E-state index is -3.74. The zero-order valence-corrected chi connectivity index (χ0v) is 16.9. The monoisotopic (exact) mass is 413 g/mol. The minimum absolute atomic E-state index is 0.131. The van der Waals surface area contributed by atoms with E-state index in [9.17, 15) is 13.2 Å². The molecule has 2 aromatic rings. The molecule has 0 aromatic heterocycles. The first-order valence-corrected chi connectivity index (χ1v) is 10.7. The highest BCUT2D eigenvalue weighted by molar-refractivity contribution is 7.99. The predicted octanol–water partition coefficient (Wildman–Crippen LogP) is 3.57. The number of esters is 1. The number of halogens is 1. The fourth-order valence-electron chi connectivity index (χ4n) is 2.02. The van der Waals surface area contributed by atoms with Crippen molar-refractivity contribution in [3.8, 4) is 0 Å². The van der Waals surface area contributed by atoms with Gasteiger partial charge in [0.15, 0.2) is 0 Å². The summed E-state index contributed by atoms with van der Waals surface area (Å²) in [7, 11) is -3.74. The Morgan fingerprint density at radius 1 is 1.12 bits per heavy atom. The SMILES string of the molecule is Cc1ccc(S(=O)(=O)NCC(=O)OCCSc2ccc(Cl)cc2)cc1C. The predicted molar refractivity (Wildman–Crippen MR) is 104 cm³/mol. The summed E-state index contributed by atoms with van der Waals surface area (Å²) < 4.78 is 31.7. The highest BCUT2D eigenvalue weighted by Gasteiger charge is 2.16. The molecular formula is C18H20ClNO4S2. The zero-order chi connectivity index (χ0) is 19.2. The maximum atomic E-state index is 12.2. The Hall–Kier alpha value is -1.54. The Kier molecular flexibility index (Phi) is 7.52. The number of aryl methyl sites for hydroxylation is 2. The number of benzene rings is 2. The Morgan fingerprint density at radius 3 is 2.46 bits per heavy atom. The number of sulfonamides is 1. The van der Waals surface area contributed by atoms with Gasteiger partial charge < -0.3 is 4.74 Å². The number of hydrogen-bond acceptors (Lipinski definition) is 5. The van der Waals surface area contributed by atoms with Crippen LogP contribution in [0.3, 0.4) is 0 Å². The Balaban J connectivity index is 1.75. The van der Waals surface area contributed by atoms with E-state index in [1.807, 2.05) is 26.0 Å². The van der Waals surface area contributed by atoms with Crippen molar-refractivity contribution in [1.82, 2.24) is 4.72 Å². The van der Waals surface area contributed by atoms with E-state index >= 15 is 0 Å². The van der Waals surface area contributed by atoms with Gasteiger partial charge in [-0.05, 0) is 61.4 Å². The molecule has 0 bridgehead atoms. The lowest BCUT2D eigenvalue weighted by Crippen LogP contribution is -2.31. The summed E-state index contributed by atoms with van der Waals surface area (Å²) in [4.78, 5) is 12.9. The lowest BCUT2D eigenvalue weighted by molar-refractivity contribution is -0.141. The minimum Gasteiger partial charge on any atom is -0.464 e. The van der Waals surface area contributed by atoms with Crippen molar-refractivity contribution in [2.24, 2.45) is 0 Å². The van der Waals surface area contributed by atoms with Crippen LogP contribution in [0, 0.1) is 13.8 Å². The molecule has 0 unspecified atom stereocenters. The van der Waals surface area contributed by atoms with E-state index < -0.39 is 22.5 Å². The summed E-state index contributed by atoms with van der Waals surface area (Å²) in [5.41, 5.74) is 1.87. The van der Waals surface area contributed by atoms with Crippen molar-refractivity contribution in [1.29, 1.82) is 0 Å². The lowest BCUT2D eigenvalue weighted by Gasteiger charge is -2.09. The number of rotatable bonds is 8. The van der Waals surface area contributed by atoms with Crippen LogP contribution in [-0.2, 0) is 19.6 Å². The Bertz CT molecular complexity index is 867. The number of nitrogens with one attached hydrogen (secondary N) is 1. The van der Waals surface area contributed by atoms with Crippen LogP contribution in [0.15, 0.2) is 52.3 Å². The van der Waals surface area contributed by atoms with E-state index in [0.29, 0.717) is 10.8 Å². The van der Waals surface area contributed by atoms with Crippen LogP contribution < -0.4 is 4.72 Å². The van der Waals surface area contributed by atoms with Gasteiger partial charge in [-0.25, -0.2) is 8.42 Å². The van der Waals surface area contributed by atoms with Crippen LogP contribution in [0.25, 0.3) is 0 Å². The average molecular weight is 414 g/mol. The van der Waals surface area contributed by atoms with E-state index in [-0.39, 0.29) is 11.5 Å². The van der Waals surface area contributed by atoms with Gasteiger partial charge in [-0.1, -0.05) is 17.7 Å². The molecule has 8 heteroatoms. The molecular weight excluding hydrogens is 394 g/mol. The highest BCUT2D eigenvalue weighted by Crippen LogP contribution is 2.20. The first kappa shape index (κ1) is 20.8. The molecule has 0 aliphatic carbocycles. The summed E-state index contributed by atoms with van der Waals surface area (Å²) in [5.74, 6) is -0.0498. The van der Waals surface area contributed by atoms with Crippen molar-refractivity contribution in [2.45, 2.75) is 23.6 Å². The molecule has 0 saturated carbocycles. The van der Waals surface area contributed by atoms with Crippen molar-refractivity contribution in [2.75, 3.05) is 18.9 Å². The van der Waals surface area contributed by atoms with Gasteiger partial charge in [0, 0.05) is 15.7 Å². The van der Waals surface area contributed by atoms with Crippen LogP contribution in [-0.4, -0.2) is 33.3 Å². The normalized spacial score (nSPS) is 11.3. The molecule has 0 fully saturated rings. The molecule has 0 radical (unpaired) electrons. The second kappa shape index (κ2) is 9.41. The van der Waals surface area contributed by atoms with Gasteiger partial charge in [-0.15, -0.1) is 11.8 Å². The number of carbonyl (C=O) groups excluding carboxylic acids is 1. The maximum Gasteiger partial charge on any atom is 0.321 e. The van der Waals surface area contributed by atoms with E-state index in [1.165, 1.54) is 17.8 Å². The Labute approximate surface area is 163 Å². The molecule has 0 saturated heterocycles. The molecule has 1 N–H and O–H groups in total. The summed E-state index contributed by atoms with van der Waals surface area (Å²) in [6.07, 6.45) is 0. The van der Waals surface area contributed by atoms with Gasteiger partial charge in [-0.3, -0.25) is 4.79 Å². The number of carbonyl (C=O) groups is 1. The van der Waals surface area contributed by atoms with E-state index in [2.05, 4.69) is 4.72 Å². The molecule has 0 aliphatic rings. The third kappa shape index (κ3) is 6.32. The van der Waals surface area contributed by atoms with Crippen molar-refractivity contribution >= 4 is 39.4 Å². The largest absolute Gasteiger partial charge is 0.464 e. The second-order valence-electron chi connectivity index (χ2n) is 5.59. The molecule has 0 amide bonds. The summed E-state index contributed by atoms with van der Waals surface area (Å²) in [6.45, 7) is 3.53. The zero-order valence-electron chi connectivity index (χ0n) is 14.5. The quantitative estimate of drug-likeness (QED) is 0.407. The third-order valence-corrected chi connectivity index (χ3v) is 6.25. The Morgan fingerprint density at radius 2 is 1.81 bits per heavy atom. The first-order chi connectivity index (χ1) is 12.3. The molecule has 0 spiro atoms. The number of ether oxygens (including phenoxy) is 1. The van der Waals surface area contributed by atoms with Crippen LogP contribution in [0.4, 0.5) is 0 Å². The van der Waals surface area contributed by atoms with Crippen LogP contribution in [0.2, 0.25) is 5.02 Å². The topological polar surface area (TPSA) is 72.5 Å². The maximum absolute atomic E-state index is 12.2. The van der Waals surface area contributed by atoms with Crippen LogP contribution in [0.1, 0.15) is 11.1 Å². The van der Waals surface area contributed by atoms with E-state index in [4.69, 9.17) is 16.3 Å². The molecule has 140 valence electrons. The fourth-order valence-corrected chi connectivity index (χ4v) is 3.93. The fraction of sp³-hybridized carbons (Fsp3) is 0.278. The number of thioether (sulfide) groups is 1. The van der Waals surface area contributed by atoms with E-state index in [0.717, 1.165) is 16.0 Å². The van der Waals surface area contributed by atoms with Crippen LogP contribution >= 0.6 is 23.4 Å². The molecule has 2 aromatic carbocycles. The van der Waals surface area contributed by atoms with Gasteiger partial charge in [0.05, 0.1) is 4.90 Å². The second-order valence-corrected chi connectivity index (χ2v) is 8.97. The van der Waals surface area contributed by atoms with Gasteiger partial charge in [0.1, 0.15) is 13.2 Å². The molecule has 0 aliphatic heterocycles. The first-order valence-electron chi connectivity index (χ1n) is 7.89. The lowest BCUT2D eigenvalue weighted by atomic mass is 10.1. The van der Waals surface area contributed by atoms with Gasteiger partial charge in [-0.2, -0.15) is 4.72 Å². The highest BCUT2D eigenvalue weighted by atomic mass is 35.5. The van der Waals surface area contributed by atoms with Crippen LogP contribution in [0.5, 0.6) is 0 Å². The molecule has 0 heterocycles. The van der Waals surface area contributed by atoms with Crippen molar-refractivity contribution in [3.63, 3.8) is 0 Å². The molecule has 2 rings (SSSR count). The molecule has 0 atom stereocenters. The molecule has 5 nitrogen and oxygen atoms in total. The van der Waals surface area contributed by atoms with Gasteiger partial charge in [0.2, 0.25) is 10.0 Å². The number of hydrogen-bond donors (Lipinski definition) is 1. The van der Waals surface area contributed by atoms with Crippen molar-refractivity contribution < 1.29 is 17.9 Å². The van der Waals surface area contributed by atoms with Gasteiger partial charge >= 0.3 is 5.97 Å². The third-order valence-electron chi connectivity index (χ3n) is 3.62. The summed E-state index contributed by atoms with van der Waals surface area (Å²) in [5, 5.41) is 0.664. The summed E-state index contributed by atoms with van der Waals surface area (Å²) >= 11 is 7.33.